The molecule has 1 aliphatic heterocycles. The summed E-state index contributed by atoms with van der Waals surface area (Å²) < 4.78 is 2.02. The van der Waals surface area contributed by atoms with Crippen LogP contribution in [0.25, 0.3) is 5.69 Å². The molecule has 0 atom stereocenters. The molecule has 0 N–H and O–H groups in total. The van der Waals surface area contributed by atoms with Crippen molar-refractivity contribution in [1.29, 1.82) is 0 Å². The first-order valence-electron chi connectivity index (χ1n) is 10.3. The lowest BCUT2D eigenvalue weighted by atomic mass is 10.00. The van der Waals surface area contributed by atoms with Crippen LogP contribution in [0.1, 0.15) is 67.2 Å². The van der Waals surface area contributed by atoms with Crippen LogP contribution < -0.4 is 0 Å². The van der Waals surface area contributed by atoms with Crippen LogP contribution in [-0.2, 0) is 0 Å². The second-order valence-corrected chi connectivity index (χ2v) is 8.05. The highest BCUT2D eigenvalue weighted by molar-refractivity contribution is 5.97. The van der Waals surface area contributed by atoms with Gasteiger partial charge in [0.1, 0.15) is 0 Å². The Bertz CT molecular complexity index is 799. The van der Waals surface area contributed by atoms with Crippen LogP contribution in [0.2, 0.25) is 0 Å². The third-order valence-corrected chi connectivity index (χ3v) is 5.78. The molecular weight excluding hydrogens is 336 g/mol. The maximum atomic E-state index is 13.6. The Morgan fingerprint density at radius 3 is 2.33 bits per heavy atom. The number of likely N-dealkylation sites (N-methyl/N-ethyl adjacent to an activating group) is 1. The Kier molecular flexibility index (Phi) is 5.04. The first-order valence-corrected chi connectivity index (χ1v) is 10.3. The van der Waals surface area contributed by atoms with E-state index in [-0.39, 0.29) is 11.8 Å². The molecule has 2 fully saturated rings. The lowest BCUT2D eigenvalue weighted by Crippen LogP contribution is -2.48. The number of nitrogens with zero attached hydrogens (tertiary/aromatic N) is 4. The minimum absolute atomic E-state index is 0.179. The number of aromatic nitrogens is 2. The lowest BCUT2D eigenvalue weighted by Gasteiger charge is -2.34. The quantitative estimate of drug-likeness (QED) is 0.811. The van der Waals surface area contributed by atoms with Gasteiger partial charge in [0.05, 0.1) is 22.6 Å². The van der Waals surface area contributed by atoms with Gasteiger partial charge in [0.25, 0.3) is 5.91 Å². The molecule has 1 aliphatic carbocycles. The Balaban J connectivity index is 1.75. The molecule has 5 heteroatoms. The fraction of sp³-hybridized carbons (Fsp3) is 0.545. The highest BCUT2D eigenvalue weighted by Gasteiger charge is 2.37. The molecule has 0 unspecified atom stereocenters. The zero-order valence-corrected chi connectivity index (χ0v) is 16.7. The Morgan fingerprint density at radius 1 is 1.11 bits per heavy atom. The molecule has 0 spiro atoms. The van der Waals surface area contributed by atoms with E-state index in [2.05, 4.69) is 37.8 Å². The van der Waals surface area contributed by atoms with E-state index in [1.807, 2.05) is 27.8 Å². The zero-order valence-electron chi connectivity index (χ0n) is 16.7. The molecular formula is C22H30N4O. The summed E-state index contributed by atoms with van der Waals surface area (Å²) >= 11 is 0. The van der Waals surface area contributed by atoms with Crippen molar-refractivity contribution < 1.29 is 4.79 Å². The van der Waals surface area contributed by atoms with Gasteiger partial charge in [0.15, 0.2) is 0 Å². The molecule has 0 bridgehead atoms. The first kappa shape index (κ1) is 18.2. The average molecular weight is 367 g/mol. The van der Waals surface area contributed by atoms with E-state index < -0.39 is 0 Å². The molecule has 1 aromatic carbocycles. The summed E-state index contributed by atoms with van der Waals surface area (Å²) in [6, 6.07) is 10.2. The van der Waals surface area contributed by atoms with Crippen LogP contribution in [0, 0.1) is 0 Å². The summed E-state index contributed by atoms with van der Waals surface area (Å²) in [4.78, 5) is 18.0. The normalized spacial score (nSPS) is 18.3. The third-order valence-electron chi connectivity index (χ3n) is 5.78. The van der Waals surface area contributed by atoms with Gasteiger partial charge in [-0.3, -0.25) is 4.79 Å². The van der Waals surface area contributed by atoms with Gasteiger partial charge in [0.2, 0.25) is 0 Å². The van der Waals surface area contributed by atoms with Gasteiger partial charge in [-0.25, -0.2) is 4.68 Å². The van der Waals surface area contributed by atoms with Crippen molar-refractivity contribution in [3.05, 3.63) is 47.3 Å². The number of hydrogen-bond donors (Lipinski definition) is 0. The van der Waals surface area contributed by atoms with Crippen molar-refractivity contribution in [3.8, 4) is 5.69 Å². The van der Waals surface area contributed by atoms with Crippen molar-refractivity contribution in [2.45, 2.75) is 45.4 Å². The van der Waals surface area contributed by atoms with E-state index in [0.717, 1.165) is 68.2 Å². The molecule has 2 heterocycles. The van der Waals surface area contributed by atoms with Crippen molar-refractivity contribution in [3.63, 3.8) is 0 Å². The van der Waals surface area contributed by atoms with Crippen molar-refractivity contribution >= 4 is 5.91 Å². The van der Waals surface area contributed by atoms with Gasteiger partial charge >= 0.3 is 0 Å². The smallest absolute Gasteiger partial charge is 0.257 e. The number of hydrogen-bond acceptors (Lipinski definition) is 3. The van der Waals surface area contributed by atoms with Crippen LogP contribution >= 0.6 is 0 Å². The first-order chi connectivity index (χ1) is 13.1. The third kappa shape index (κ3) is 3.53. The fourth-order valence-electron chi connectivity index (χ4n) is 4.03. The van der Waals surface area contributed by atoms with E-state index in [1.54, 1.807) is 0 Å². The minimum atomic E-state index is 0.179. The van der Waals surface area contributed by atoms with Crippen molar-refractivity contribution in [2.24, 2.45) is 0 Å². The molecule has 5 nitrogen and oxygen atoms in total. The maximum absolute atomic E-state index is 13.6. The van der Waals surface area contributed by atoms with Crippen LogP contribution in [-0.4, -0.2) is 58.2 Å². The van der Waals surface area contributed by atoms with Crippen LogP contribution in [0.5, 0.6) is 0 Å². The van der Waals surface area contributed by atoms with Gasteiger partial charge in [0, 0.05) is 32.1 Å². The Labute approximate surface area is 162 Å². The minimum Gasteiger partial charge on any atom is -0.336 e. The van der Waals surface area contributed by atoms with Crippen molar-refractivity contribution in [1.82, 2.24) is 19.6 Å². The highest BCUT2D eigenvalue weighted by Crippen LogP contribution is 2.43. The van der Waals surface area contributed by atoms with Crippen LogP contribution in [0.3, 0.4) is 0 Å². The monoisotopic (exact) mass is 366 g/mol. The Morgan fingerprint density at radius 2 is 1.78 bits per heavy atom. The van der Waals surface area contributed by atoms with E-state index in [4.69, 9.17) is 5.10 Å². The molecule has 0 radical (unpaired) electrons. The second-order valence-electron chi connectivity index (χ2n) is 8.05. The largest absolute Gasteiger partial charge is 0.336 e. The number of piperazine rings is 1. The van der Waals surface area contributed by atoms with E-state index in [0.29, 0.717) is 5.92 Å². The second kappa shape index (κ2) is 7.47. The fourth-order valence-corrected chi connectivity index (χ4v) is 4.03. The van der Waals surface area contributed by atoms with Crippen LogP contribution in [0.4, 0.5) is 0 Å². The summed E-state index contributed by atoms with van der Waals surface area (Å²) in [5.74, 6) is 0.864. The molecule has 144 valence electrons. The number of carbonyl (C=O) groups is 1. The number of rotatable bonds is 5. The maximum Gasteiger partial charge on any atom is 0.257 e. The summed E-state index contributed by atoms with van der Waals surface area (Å²) in [5.41, 5.74) is 4.00. The van der Waals surface area contributed by atoms with Gasteiger partial charge in [-0.1, -0.05) is 39.0 Å². The molecule has 4 rings (SSSR count). The standard InChI is InChI=1S/C22H30N4O/c1-4-24-12-14-25(15-13-24)22(27)19-20(17-10-11-17)23-26(21(19)16(2)3)18-8-6-5-7-9-18/h5-9,16-17H,4,10-15H2,1-3H3. The van der Waals surface area contributed by atoms with E-state index >= 15 is 0 Å². The average Bonchev–Trinajstić information content (AvgIpc) is 3.47. The van der Waals surface area contributed by atoms with Gasteiger partial charge in [-0.15, -0.1) is 0 Å². The van der Waals surface area contributed by atoms with E-state index in [1.165, 1.54) is 0 Å². The number of amides is 1. The molecule has 1 saturated carbocycles. The van der Waals surface area contributed by atoms with Crippen molar-refractivity contribution in [2.75, 3.05) is 32.7 Å². The summed E-state index contributed by atoms with van der Waals surface area (Å²) in [7, 11) is 0. The van der Waals surface area contributed by atoms with Gasteiger partial charge < -0.3 is 9.80 Å². The molecule has 27 heavy (non-hydrogen) atoms. The molecule has 1 amide bonds. The molecule has 1 saturated heterocycles. The highest BCUT2D eigenvalue weighted by atomic mass is 16.2. The number of benzene rings is 1. The van der Waals surface area contributed by atoms with Crippen LogP contribution in [0.15, 0.2) is 30.3 Å². The number of para-hydroxylation sites is 1. The molecule has 2 aromatic rings. The summed E-state index contributed by atoms with van der Waals surface area (Å²) in [5, 5.41) is 4.97. The summed E-state index contributed by atoms with van der Waals surface area (Å²) in [6.45, 7) is 11.1. The van der Waals surface area contributed by atoms with Gasteiger partial charge in [-0.05, 0) is 37.4 Å². The summed E-state index contributed by atoms with van der Waals surface area (Å²) in [6.07, 6.45) is 2.29. The van der Waals surface area contributed by atoms with E-state index in [9.17, 15) is 4.79 Å². The Hall–Kier alpha value is -2.14. The topological polar surface area (TPSA) is 41.4 Å². The predicted octanol–water partition coefficient (Wildman–Crippen LogP) is 3.65. The lowest BCUT2D eigenvalue weighted by molar-refractivity contribution is 0.0640. The SMILES string of the molecule is CCN1CCN(C(=O)c2c(C3CC3)nn(-c3ccccc3)c2C(C)C)CC1. The molecule has 1 aromatic heterocycles. The van der Waals surface area contributed by atoms with Gasteiger partial charge in [-0.2, -0.15) is 5.10 Å². The predicted molar refractivity (Wildman–Crippen MR) is 108 cm³/mol. The molecule has 2 aliphatic rings. The zero-order chi connectivity index (χ0) is 19.0. The number of carbonyl (C=O) groups excluding carboxylic acids is 1.